The van der Waals surface area contributed by atoms with E-state index in [2.05, 4.69) is 25.8 Å². The molecule has 0 N–H and O–H groups in total. The summed E-state index contributed by atoms with van der Waals surface area (Å²) < 4.78 is 19.2. The summed E-state index contributed by atoms with van der Waals surface area (Å²) in [5.41, 5.74) is 2.27. The predicted octanol–water partition coefficient (Wildman–Crippen LogP) is 5.01. The molecule has 178 valence electrons. The van der Waals surface area contributed by atoms with Gasteiger partial charge in [-0.3, -0.25) is 0 Å². The highest BCUT2D eigenvalue weighted by atomic mass is 19.1. The molecular weight excluding hydrogens is 417 g/mol. The highest BCUT2D eigenvalue weighted by molar-refractivity contribution is 5.75. The van der Waals surface area contributed by atoms with Crippen molar-refractivity contribution in [3.63, 3.8) is 0 Å². The van der Waals surface area contributed by atoms with Crippen molar-refractivity contribution in [1.82, 2.24) is 14.7 Å². The van der Waals surface area contributed by atoms with E-state index in [4.69, 9.17) is 4.74 Å². The molecule has 33 heavy (non-hydrogen) atoms. The third-order valence-electron chi connectivity index (χ3n) is 6.81. The number of carbonyl (C=O) groups is 1. The Hall–Kier alpha value is -2.60. The van der Waals surface area contributed by atoms with E-state index in [1.54, 1.807) is 12.1 Å². The minimum Gasteiger partial charge on any atom is -0.493 e. The number of urea groups is 1. The molecule has 5 nitrogen and oxygen atoms in total. The quantitative estimate of drug-likeness (QED) is 0.591. The lowest BCUT2D eigenvalue weighted by Gasteiger charge is -2.54. The molecule has 2 heterocycles. The van der Waals surface area contributed by atoms with Gasteiger partial charge < -0.3 is 19.4 Å². The lowest BCUT2D eigenvalue weighted by Crippen LogP contribution is -2.63. The first-order valence-corrected chi connectivity index (χ1v) is 12.0. The first kappa shape index (κ1) is 23.6. The minimum atomic E-state index is -0.263. The van der Waals surface area contributed by atoms with Gasteiger partial charge in [-0.05, 0) is 74.3 Å². The van der Waals surface area contributed by atoms with Gasteiger partial charge in [-0.1, -0.05) is 38.1 Å². The van der Waals surface area contributed by atoms with E-state index in [0.717, 1.165) is 55.9 Å². The average molecular weight is 454 g/mol. The summed E-state index contributed by atoms with van der Waals surface area (Å²) in [6, 6.07) is 14.5. The smallest absolute Gasteiger partial charge is 0.320 e. The molecule has 0 atom stereocenters. The van der Waals surface area contributed by atoms with Crippen molar-refractivity contribution >= 4 is 6.03 Å². The highest BCUT2D eigenvalue weighted by Gasteiger charge is 2.47. The van der Waals surface area contributed by atoms with E-state index < -0.39 is 0 Å². The first-order chi connectivity index (χ1) is 15.8. The molecule has 0 aromatic heterocycles. The van der Waals surface area contributed by atoms with Gasteiger partial charge in [0.25, 0.3) is 0 Å². The molecule has 2 aromatic carbocycles. The zero-order valence-electron chi connectivity index (χ0n) is 20.1. The Bertz CT molecular complexity index is 913. The Morgan fingerprint density at radius 2 is 1.55 bits per heavy atom. The second-order valence-electron chi connectivity index (χ2n) is 10.3. The van der Waals surface area contributed by atoms with E-state index in [0.29, 0.717) is 31.0 Å². The number of rotatable bonds is 7. The maximum atomic E-state index is 13.5. The second kappa shape index (κ2) is 10.1. The Labute approximate surface area is 197 Å². The fraction of sp³-hybridized carbons (Fsp3) is 0.519. The average Bonchev–Trinajstić information content (AvgIpc) is 2.78. The van der Waals surface area contributed by atoms with Gasteiger partial charge in [-0.25, -0.2) is 9.18 Å². The zero-order chi connectivity index (χ0) is 23.4. The van der Waals surface area contributed by atoms with Crippen molar-refractivity contribution in [3.05, 3.63) is 65.5 Å². The van der Waals surface area contributed by atoms with Crippen LogP contribution in [0.3, 0.4) is 0 Å². The molecule has 4 rings (SSSR count). The summed E-state index contributed by atoms with van der Waals surface area (Å²) in [4.78, 5) is 19.7. The van der Waals surface area contributed by atoms with Crippen LogP contribution in [0.25, 0.3) is 0 Å². The van der Waals surface area contributed by atoms with Gasteiger partial charge in [0.05, 0.1) is 6.61 Å². The van der Waals surface area contributed by atoms with Crippen molar-refractivity contribution in [2.24, 2.45) is 11.3 Å². The van der Waals surface area contributed by atoms with Crippen LogP contribution in [0.2, 0.25) is 0 Å². The Balaban J connectivity index is 1.43. The molecule has 6 heteroatoms. The minimum absolute atomic E-state index is 0.0593. The van der Waals surface area contributed by atoms with E-state index in [1.165, 1.54) is 12.1 Å². The van der Waals surface area contributed by atoms with Crippen LogP contribution in [0, 0.1) is 17.2 Å². The number of amides is 2. The predicted molar refractivity (Wildman–Crippen MR) is 129 cm³/mol. The topological polar surface area (TPSA) is 36.0 Å². The third kappa shape index (κ3) is 6.05. The molecule has 2 aromatic rings. The standard InChI is InChI=1S/C27H36FN3O2/c1-21(2)18-33-25-10-6-23(7-11-25)17-30(16-22-4-8-24(28)9-5-22)26(32)31-19-27(20-31)12-14-29(3)15-13-27/h4-11,21H,12-20H2,1-3H3. The molecule has 2 saturated heterocycles. The number of carbonyl (C=O) groups excluding carboxylic acids is 1. The highest BCUT2D eigenvalue weighted by Crippen LogP contribution is 2.40. The van der Waals surface area contributed by atoms with Crippen molar-refractivity contribution in [3.8, 4) is 5.75 Å². The van der Waals surface area contributed by atoms with Gasteiger partial charge in [-0.15, -0.1) is 0 Å². The number of hydrogen-bond donors (Lipinski definition) is 0. The van der Waals surface area contributed by atoms with E-state index in [-0.39, 0.29) is 11.8 Å². The van der Waals surface area contributed by atoms with Gasteiger partial charge in [0.1, 0.15) is 11.6 Å². The summed E-state index contributed by atoms with van der Waals surface area (Å²) in [6.07, 6.45) is 2.31. The molecule has 2 amide bonds. The zero-order valence-corrected chi connectivity index (χ0v) is 20.1. The van der Waals surface area contributed by atoms with Gasteiger partial charge >= 0.3 is 6.03 Å². The van der Waals surface area contributed by atoms with Crippen molar-refractivity contribution in [2.45, 2.75) is 39.8 Å². The number of benzene rings is 2. The molecule has 0 bridgehead atoms. The first-order valence-electron chi connectivity index (χ1n) is 12.0. The largest absolute Gasteiger partial charge is 0.493 e. The van der Waals surface area contributed by atoms with Crippen LogP contribution in [0.15, 0.2) is 48.5 Å². The molecule has 0 saturated carbocycles. The summed E-state index contributed by atoms with van der Waals surface area (Å²) in [5, 5.41) is 0. The van der Waals surface area contributed by atoms with Gasteiger partial charge in [-0.2, -0.15) is 0 Å². The maximum absolute atomic E-state index is 13.5. The monoisotopic (exact) mass is 453 g/mol. The Kier molecular flexibility index (Phi) is 7.23. The summed E-state index contributed by atoms with van der Waals surface area (Å²) in [7, 11) is 2.16. The van der Waals surface area contributed by atoms with Crippen molar-refractivity contribution in [1.29, 1.82) is 0 Å². The molecule has 2 fully saturated rings. The lowest BCUT2D eigenvalue weighted by atomic mass is 9.72. The second-order valence-corrected chi connectivity index (χ2v) is 10.3. The Morgan fingerprint density at radius 1 is 1.00 bits per heavy atom. The molecule has 0 unspecified atom stereocenters. The summed E-state index contributed by atoms with van der Waals surface area (Å²) in [5.74, 6) is 1.05. The van der Waals surface area contributed by atoms with Crippen molar-refractivity contribution < 1.29 is 13.9 Å². The van der Waals surface area contributed by atoms with Crippen LogP contribution in [0.4, 0.5) is 9.18 Å². The van der Waals surface area contributed by atoms with Crippen LogP contribution in [-0.2, 0) is 13.1 Å². The van der Waals surface area contributed by atoms with Crippen molar-refractivity contribution in [2.75, 3.05) is 39.8 Å². The number of likely N-dealkylation sites (tertiary alicyclic amines) is 2. The Morgan fingerprint density at radius 3 is 2.09 bits per heavy atom. The molecular formula is C27H36FN3O2. The maximum Gasteiger partial charge on any atom is 0.320 e. The summed E-state index contributed by atoms with van der Waals surface area (Å²) in [6.45, 7) is 9.77. The molecule has 0 radical (unpaired) electrons. The van der Waals surface area contributed by atoms with E-state index in [9.17, 15) is 9.18 Å². The molecule has 2 aliphatic rings. The van der Waals surface area contributed by atoms with Crippen LogP contribution in [0.5, 0.6) is 5.75 Å². The van der Waals surface area contributed by atoms with Gasteiger partial charge in [0, 0.05) is 31.6 Å². The van der Waals surface area contributed by atoms with Crippen LogP contribution >= 0.6 is 0 Å². The molecule has 0 aliphatic carbocycles. The number of halogens is 1. The number of piperidine rings is 1. The fourth-order valence-corrected chi connectivity index (χ4v) is 4.68. The lowest BCUT2D eigenvalue weighted by molar-refractivity contribution is -0.0263. The van der Waals surface area contributed by atoms with Gasteiger partial charge in [0.2, 0.25) is 0 Å². The number of nitrogens with zero attached hydrogens (tertiary/aromatic N) is 3. The summed E-state index contributed by atoms with van der Waals surface area (Å²) >= 11 is 0. The van der Waals surface area contributed by atoms with Crippen LogP contribution in [-0.4, -0.2) is 60.6 Å². The van der Waals surface area contributed by atoms with E-state index in [1.807, 2.05) is 34.1 Å². The van der Waals surface area contributed by atoms with E-state index >= 15 is 0 Å². The number of ether oxygens (including phenoxy) is 1. The molecule has 2 aliphatic heterocycles. The SMILES string of the molecule is CC(C)COc1ccc(CN(Cc2ccc(F)cc2)C(=O)N2CC3(CCN(C)CC3)C2)cc1. The van der Waals surface area contributed by atoms with Gasteiger partial charge in [0.15, 0.2) is 0 Å². The third-order valence-corrected chi connectivity index (χ3v) is 6.81. The fourth-order valence-electron chi connectivity index (χ4n) is 4.68. The number of hydrogen-bond acceptors (Lipinski definition) is 3. The molecule has 1 spiro atoms. The van der Waals surface area contributed by atoms with Crippen LogP contribution in [0.1, 0.15) is 37.8 Å². The normalized spacial score (nSPS) is 17.8. The van der Waals surface area contributed by atoms with Crippen LogP contribution < -0.4 is 4.74 Å².